The van der Waals surface area contributed by atoms with E-state index in [4.69, 9.17) is 9.84 Å². The Bertz CT molecular complexity index is 536. The van der Waals surface area contributed by atoms with Crippen LogP contribution in [0.15, 0.2) is 17.7 Å². The van der Waals surface area contributed by atoms with Gasteiger partial charge in [-0.2, -0.15) is 0 Å². The van der Waals surface area contributed by atoms with E-state index in [0.717, 1.165) is 11.1 Å². The number of aliphatic carboxylic acids is 1. The van der Waals surface area contributed by atoms with E-state index in [1.165, 1.54) is 6.08 Å². The maximum Gasteiger partial charge on any atom is 0.335 e. The molecule has 0 aliphatic carbocycles. The summed E-state index contributed by atoms with van der Waals surface area (Å²) in [4.78, 5) is 10.9. The van der Waals surface area contributed by atoms with Gasteiger partial charge in [-0.05, 0) is 31.1 Å². The Hall–Kier alpha value is -1.91. The summed E-state index contributed by atoms with van der Waals surface area (Å²) in [5.74, 6) is -1.05. The largest absolute Gasteiger partial charge is 0.479 e. The van der Waals surface area contributed by atoms with Gasteiger partial charge in [0.05, 0.1) is 5.57 Å². The first-order valence-electron chi connectivity index (χ1n) is 6.41. The number of carbonyl (C=O) groups is 1. The number of halogens is 2. The number of hydrogen-bond donors (Lipinski definition) is 1. The molecule has 1 aromatic carbocycles. The lowest BCUT2D eigenvalue weighted by molar-refractivity contribution is -0.134. The van der Waals surface area contributed by atoms with Crippen LogP contribution in [0, 0.1) is 13.8 Å². The normalized spacial score (nSPS) is 16.6. The van der Waals surface area contributed by atoms with Crippen molar-refractivity contribution < 1.29 is 23.4 Å². The molecule has 2 rings (SSSR count). The second-order valence-corrected chi connectivity index (χ2v) is 4.20. The van der Waals surface area contributed by atoms with Crippen molar-refractivity contribution in [2.75, 3.05) is 0 Å². The van der Waals surface area contributed by atoms with Crippen LogP contribution in [0.2, 0.25) is 0 Å². The molecule has 1 aromatic rings. The van der Waals surface area contributed by atoms with Gasteiger partial charge in [-0.15, -0.1) is 0 Å². The molecule has 1 N–H and O–H groups in total. The molecule has 0 amide bonds. The van der Waals surface area contributed by atoms with Crippen molar-refractivity contribution in [1.82, 2.24) is 0 Å². The molecule has 0 spiro atoms. The van der Waals surface area contributed by atoms with Gasteiger partial charge in [0.2, 0.25) is 0 Å². The van der Waals surface area contributed by atoms with Crippen LogP contribution in [0.4, 0.5) is 8.78 Å². The molecule has 0 bridgehead atoms. The van der Waals surface area contributed by atoms with Crippen LogP contribution in [0.3, 0.4) is 0 Å². The zero-order chi connectivity index (χ0) is 15.4. The highest BCUT2D eigenvalue weighted by atomic mass is 19.3. The average molecular weight is 284 g/mol. The number of alkyl halides is 2. The van der Waals surface area contributed by atoms with Gasteiger partial charge in [-0.25, -0.2) is 13.6 Å². The average Bonchev–Trinajstić information content (AvgIpc) is 2.44. The SMILES string of the molecule is CC.Cc1ccc2c(c1C)OC(C(F)F)C(C(=O)O)=C2. The Morgan fingerprint density at radius 3 is 2.40 bits per heavy atom. The Labute approximate surface area is 116 Å². The summed E-state index contributed by atoms with van der Waals surface area (Å²) < 4.78 is 30.8. The Morgan fingerprint density at radius 2 is 1.90 bits per heavy atom. The van der Waals surface area contributed by atoms with Gasteiger partial charge in [0.25, 0.3) is 6.43 Å². The topological polar surface area (TPSA) is 46.5 Å². The van der Waals surface area contributed by atoms with Gasteiger partial charge in [-0.1, -0.05) is 26.0 Å². The summed E-state index contributed by atoms with van der Waals surface area (Å²) in [6.07, 6.45) is -3.33. The van der Waals surface area contributed by atoms with Crippen molar-refractivity contribution >= 4 is 12.0 Å². The highest BCUT2D eigenvalue weighted by Crippen LogP contribution is 2.36. The number of carboxylic acid groups (broad SMARTS) is 1. The summed E-state index contributed by atoms with van der Waals surface area (Å²) in [5, 5.41) is 8.93. The minimum atomic E-state index is -2.87. The minimum Gasteiger partial charge on any atom is -0.479 e. The van der Waals surface area contributed by atoms with Crippen LogP contribution in [0.5, 0.6) is 5.75 Å². The Kier molecular flexibility index (Phi) is 5.25. The first kappa shape index (κ1) is 16.1. The zero-order valence-corrected chi connectivity index (χ0v) is 11.9. The Morgan fingerprint density at radius 1 is 1.30 bits per heavy atom. The van der Waals surface area contributed by atoms with Crippen LogP contribution < -0.4 is 4.74 Å². The third-order valence-corrected chi connectivity index (χ3v) is 3.05. The molecule has 0 aromatic heterocycles. The molecule has 0 fully saturated rings. The molecule has 3 nitrogen and oxygen atoms in total. The van der Waals surface area contributed by atoms with Crippen LogP contribution in [-0.4, -0.2) is 23.6 Å². The van der Waals surface area contributed by atoms with Gasteiger partial charge < -0.3 is 9.84 Å². The third-order valence-electron chi connectivity index (χ3n) is 3.05. The van der Waals surface area contributed by atoms with Crippen LogP contribution in [0.25, 0.3) is 6.08 Å². The second-order valence-electron chi connectivity index (χ2n) is 4.20. The van der Waals surface area contributed by atoms with Crippen molar-refractivity contribution in [3.05, 3.63) is 34.4 Å². The summed E-state index contributed by atoms with van der Waals surface area (Å²) in [6, 6.07) is 3.47. The van der Waals surface area contributed by atoms with Gasteiger partial charge in [0.1, 0.15) is 5.75 Å². The van der Waals surface area contributed by atoms with Crippen molar-refractivity contribution in [3.8, 4) is 5.75 Å². The van der Waals surface area contributed by atoms with Gasteiger partial charge in [0, 0.05) is 5.56 Å². The lowest BCUT2D eigenvalue weighted by Gasteiger charge is -2.26. The highest BCUT2D eigenvalue weighted by Gasteiger charge is 2.35. The molecule has 5 heteroatoms. The lowest BCUT2D eigenvalue weighted by Crippen LogP contribution is -2.33. The minimum absolute atomic E-state index is 0.338. The molecule has 1 unspecified atom stereocenters. The fourth-order valence-corrected chi connectivity index (χ4v) is 1.89. The van der Waals surface area contributed by atoms with E-state index < -0.39 is 24.1 Å². The predicted octanol–water partition coefficient (Wildman–Crippen LogP) is 3.82. The molecule has 110 valence electrons. The van der Waals surface area contributed by atoms with Gasteiger partial charge in [0.15, 0.2) is 6.10 Å². The second kappa shape index (κ2) is 6.50. The van der Waals surface area contributed by atoms with E-state index in [1.54, 1.807) is 19.1 Å². The fraction of sp³-hybridized carbons (Fsp3) is 0.400. The molecule has 0 saturated carbocycles. The number of hydrogen-bond acceptors (Lipinski definition) is 2. The van der Waals surface area contributed by atoms with Crippen molar-refractivity contribution in [1.29, 1.82) is 0 Å². The smallest absolute Gasteiger partial charge is 0.335 e. The van der Waals surface area contributed by atoms with Crippen molar-refractivity contribution in [2.45, 2.75) is 40.2 Å². The molecule has 1 atom stereocenters. The predicted molar refractivity (Wildman–Crippen MR) is 73.3 cm³/mol. The van der Waals surface area contributed by atoms with Crippen LogP contribution in [0.1, 0.15) is 30.5 Å². The first-order chi connectivity index (χ1) is 9.41. The van der Waals surface area contributed by atoms with Gasteiger partial charge >= 0.3 is 5.97 Å². The standard InChI is InChI=1S/C13H12F2O3.C2H6/c1-6-3-4-8-5-9(13(16)17)11(12(14)15)18-10(8)7(6)2;1-2/h3-5,11-12H,1-2H3,(H,16,17);1-2H3. The van der Waals surface area contributed by atoms with Crippen molar-refractivity contribution in [2.24, 2.45) is 0 Å². The molecular formula is C15H18F2O3. The zero-order valence-electron chi connectivity index (χ0n) is 11.9. The fourth-order valence-electron chi connectivity index (χ4n) is 1.89. The molecule has 20 heavy (non-hydrogen) atoms. The molecule has 1 heterocycles. The molecule has 1 aliphatic rings. The maximum atomic E-state index is 12.8. The van der Waals surface area contributed by atoms with Crippen molar-refractivity contribution in [3.63, 3.8) is 0 Å². The summed E-state index contributed by atoms with van der Waals surface area (Å²) in [7, 11) is 0. The highest BCUT2D eigenvalue weighted by molar-refractivity contribution is 5.95. The monoisotopic (exact) mass is 284 g/mol. The Balaban J connectivity index is 0.000000956. The lowest BCUT2D eigenvalue weighted by atomic mass is 9.97. The number of benzene rings is 1. The van der Waals surface area contributed by atoms with E-state index >= 15 is 0 Å². The summed E-state index contributed by atoms with van der Waals surface area (Å²) in [5.41, 5.74) is 1.76. The van der Waals surface area contributed by atoms with E-state index in [0.29, 0.717) is 11.3 Å². The van der Waals surface area contributed by atoms with Crippen LogP contribution in [-0.2, 0) is 4.79 Å². The molecule has 0 radical (unpaired) electrons. The number of aryl methyl sites for hydroxylation is 1. The van der Waals surface area contributed by atoms with E-state index in [9.17, 15) is 13.6 Å². The summed E-state index contributed by atoms with van der Waals surface area (Å²) >= 11 is 0. The van der Waals surface area contributed by atoms with E-state index in [-0.39, 0.29) is 0 Å². The number of ether oxygens (including phenoxy) is 1. The maximum absolute atomic E-state index is 12.8. The number of fused-ring (bicyclic) bond motifs is 1. The number of carboxylic acids is 1. The van der Waals surface area contributed by atoms with E-state index in [2.05, 4.69) is 0 Å². The molecule has 0 saturated heterocycles. The molecule has 1 aliphatic heterocycles. The third kappa shape index (κ3) is 2.98. The van der Waals surface area contributed by atoms with Gasteiger partial charge in [-0.3, -0.25) is 0 Å². The summed E-state index contributed by atoms with van der Waals surface area (Å²) in [6.45, 7) is 7.60. The van der Waals surface area contributed by atoms with Crippen LogP contribution >= 0.6 is 0 Å². The van der Waals surface area contributed by atoms with E-state index in [1.807, 2.05) is 20.8 Å². The molecular weight excluding hydrogens is 266 g/mol. The first-order valence-corrected chi connectivity index (χ1v) is 6.41. The number of rotatable bonds is 2. The quantitative estimate of drug-likeness (QED) is 0.898.